The summed E-state index contributed by atoms with van der Waals surface area (Å²) < 4.78 is 31.4. The standard InChI is InChI=1S/C16H11N3O3S/c17-11-13-4-6-16(7-5-13)23(20,21)22-15-3-1-2-14(10-15)19-9-8-18-12-19/h1-10,12H. The van der Waals surface area contributed by atoms with Crippen LogP contribution in [-0.2, 0) is 10.1 Å². The lowest BCUT2D eigenvalue weighted by Gasteiger charge is -2.09. The van der Waals surface area contributed by atoms with Crippen LogP contribution < -0.4 is 4.18 Å². The van der Waals surface area contributed by atoms with Crippen LogP contribution in [0.2, 0.25) is 0 Å². The van der Waals surface area contributed by atoms with Crippen LogP contribution in [0.3, 0.4) is 0 Å². The normalized spacial score (nSPS) is 10.9. The number of nitriles is 1. The monoisotopic (exact) mass is 325 g/mol. The third-order valence-electron chi connectivity index (χ3n) is 3.10. The molecule has 0 unspecified atom stereocenters. The predicted molar refractivity (Wildman–Crippen MR) is 82.5 cm³/mol. The zero-order chi connectivity index (χ0) is 16.3. The first-order chi connectivity index (χ1) is 11.1. The molecule has 23 heavy (non-hydrogen) atoms. The predicted octanol–water partition coefficient (Wildman–Crippen LogP) is 2.51. The Kier molecular flexibility index (Phi) is 3.83. The summed E-state index contributed by atoms with van der Waals surface area (Å²) in [6.07, 6.45) is 4.98. The topological polar surface area (TPSA) is 85.0 Å². The first kappa shape index (κ1) is 14.8. The lowest BCUT2D eigenvalue weighted by atomic mass is 10.2. The van der Waals surface area contributed by atoms with Crippen molar-refractivity contribution in [3.8, 4) is 17.5 Å². The second-order valence-corrected chi connectivity index (χ2v) is 6.19. The molecular weight excluding hydrogens is 314 g/mol. The summed E-state index contributed by atoms with van der Waals surface area (Å²) in [5, 5.41) is 8.75. The third kappa shape index (κ3) is 3.22. The summed E-state index contributed by atoms with van der Waals surface area (Å²) in [6, 6.07) is 14.1. The molecule has 0 aliphatic heterocycles. The lowest BCUT2D eigenvalue weighted by molar-refractivity contribution is 0.486. The summed E-state index contributed by atoms with van der Waals surface area (Å²) in [7, 11) is -3.96. The zero-order valence-electron chi connectivity index (χ0n) is 11.8. The molecule has 0 aliphatic carbocycles. The van der Waals surface area contributed by atoms with Gasteiger partial charge in [-0.3, -0.25) is 0 Å². The number of benzene rings is 2. The van der Waals surface area contributed by atoms with Gasteiger partial charge in [0.2, 0.25) is 0 Å². The van der Waals surface area contributed by atoms with Crippen molar-refractivity contribution >= 4 is 10.1 Å². The third-order valence-corrected chi connectivity index (χ3v) is 4.36. The van der Waals surface area contributed by atoms with Crippen molar-refractivity contribution in [2.24, 2.45) is 0 Å². The molecule has 114 valence electrons. The smallest absolute Gasteiger partial charge is 0.339 e. The molecule has 1 heterocycles. The van der Waals surface area contributed by atoms with E-state index in [0.29, 0.717) is 5.56 Å². The highest BCUT2D eigenvalue weighted by Gasteiger charge is 2.16. The first-order valence-electron chi connectivity index (χ1n) is 6.61. The molecule has 0 bridgehead atoms. The molecule has 7 heteroatoms. The Morgan fingerprint density at radius 2 is 1.91 bits per heavy atom. The minimum atomic E-state index is -3.96. The van der Waals surface area contributed by atoms with E-state index >= 15 is 0 Å². The minimum absolute atomic E-state index is 0.00969. The van der Waals surface area contributed by atoms with Crippen molar-refractivity contribution in [1.29, 1.82) is 5.26 Å². The Hall–Kier alpha value is -3.11. The molecule has 0 aliphatic rings. The molecule has 0 radical (unpaired) electrons. The van der Waals surface area contributed by atoms with Crippen LogP contribution in [0.5, 0.6) is 5.75 Å². The molecule has 1 aromatic heterocycles. The van der Waals surface area contributed by atoms with Crippen LogP contribution in [0.1, 0.15) is 5.56 Å². The van der Waals surface area contributed by atoms with E-state index in [9.17, 15) is 8.42 Å². The number of hydrogen-bond acceptors (Lipinski definition) is 5. The van der Waals surface area contributed by atoms with Gasteiger partial charge in [-0.2, -0.15) is 13.7 Å². The summed E-state index contributed by atoms with van der Waals surface area (Å²) in [5.74, 6) is 0.195. The summed E-state index contributed by atoms with van der Waals surface area (Å²) in [6.45, 7) is 0. The van der Waals surface area contributed by atoms with Crippen molar-refractivity contribution in [1.82, 2.24) is 9.55 Å². The average Bonchev–Trinajstić information content (AvgIpc) is 3.09. The zero-order valence-corrected chi connectivity index (χ0v) is 12.6. The number of hydrogen-bond donors (Lipinski definition) is 0. The second-order valence-electron chi connectivity index (χ2n) is 4.64. The van der Waals surface area contributed by atoms with E-state index < -0.39 is 10.1 Å². The maximum Gasteiger partial charge on any atom is 0.339 e. The van der Waals surface area contributed by atoms with Crippen molar-refractivity contribution in [3.63, 3.8) is 0 Å². The molecular formula is C16H11N3O3S. The highest BCUT2D eigenvalue weighted by atomic mass is 32.2. The summed E-state index contributed by atoms with van der Waals surface area (Å²) >= 11 is 0. The summed E-state index contributed by atoms with van der Waals surface area (Å²) in [4.78, 5) is 3.93. The van der Waals surface area contributed by atoms with Gasteiger partial charge in [0.25, 0.3) is 0 Å². The second kappa shape index (κ2) is 5.94. The fraction of sp³-hybridized carbons (Fsp3) is 0. The number of imidazole rings is 1. The summed E-state index contributed by atoms with van der Waals surface area (Å²) in [5.41, 5.74) is 1.11. The van der Waals surface area contributed by atoms with Crippen LogP contribution in [-0.4, -0.2) is 18.0 Å². The van der Waals surface area contributed by atoms with Crippen molar-refractivity contribution in [3.05, 3.63) is 72.8 Å². The first-order valence-corrected chi connectivity index (χ1v) is 8.02. The van der Waals surface area contributed by atoms with Gasteiger partial charge in [-0.25, -0.2) is 4.98 Å². The Balaban J connectivity index is 1.88. The maximum absolute atomic E-state index is 12.3. The van der Waals surface area contributed by atoms with Gasteiger partial charge in [0.05, 0.1) is 23.6 Å². The Labute approximate surface area is 133 Å². The molecule has 0 amide bonds. The molecule has 0 saturated heterocycles. The van der Waals surface area contributed by atoms with Crippen molar-refractivity contribution in [2.75, 3.05) is 0 Å². The SMILES string of the molecule is N#Cc1ccc(S(=O)(=O)Oc2cccc(-n3ccnc3)c2)cc1. The van der Waals surface area contributed by atoms with E-state index in [4.69, 9.17) is 9.44 Å². The van der Waals surface area contributed by atoms with Crippen LogP contribution in [0.4, 0.5) is 0 Å². The van der Waals surface area contributed by atoms with Gasteiger partial charge in [-0.1, -0.05) is 6.07 Å². The molecule has 0 N–H and O–H groups in total. The lowest BCUT2D eigenvalue weighted by Crippen LogP contribution is -2.10. The Bertz CT molecular complexity index is 957. The Morgan fingerprint density at radius 1 is 1.13 bits per heavy atom. The van der Waals surface area contributed by atoms with Gasteiger partial charge in [0.1, 0.15) is 10.6 Å². The highest BCUT2D eigenvalue weighted by Crippen LogP contribution is 2.21. The fourth-order valence-corrected chi connectivity index (χ4v) is 2.90. The quantitative estimate of drug-likeness (QED) is 0.688. The van der Waals surface area contributed by atoms with Crippen molar-refractivity contribution in [2.45, 2.75) is 4.90 Å². The van der Waals surface area contributed by atoms with E-state index in [2.05, 4.69) is 4.98 Å². The van der Waals surface area contributed by atoms with Gasteiger partial charge >= 0.3 is 10.1 Å². The van der Waals surface area contributed by atoms with Crippen LogP contribution in [0.15, 0.2) is 72.1 Å². The molecule has 0 atom stereocenters. The molecule has 0 fully saturated rings. The van der Waals surface area contributed by atoms with E-state index in [1.807, 2.05) is 12.1 Å². The van der Waals surface area contributed by atoms with Crippen LogP contribution >= 0.6 is 0 Å². The molecule has 6 nitrogen and oxygen atoms in total. The van der Waals surface area contributed by atoms with Gasteiger partial charge in [0.15, 0.2) is 0 Å². The molecule has 2 aromatic carbocycles. The average molecular weight is 325 g/mol. The van der Waals surface area contributed by atoms with Gasteiger partial charge in [-0.05, 0) is 36.4 Å². The number of nitrogens with zero attached hydrogens (tertiary/aromatic N) is 3. The maximum atomic E-state index is 12.3. The molecule has 3 rings (SSSR count). The fourth-order valence-electron chi connectivity index (χ4n) is 1.98. The Morgan fingerprint density at radius 3 is 2.57 bits per heavy atom. The van der Waals surface area contributed by atoms with E-state index in [1.54, 1.807) is 41.5 Å². The largest absolute Gasteiger partial charge is 0.379 e. The number of aromatic nitrogens is 2. The van der Waals surface area contributed by atoms with Crippen molar-refractivity contribution < 1.29 is 12.6 Å². The van der Waals surface area contributed by atoms with E-state index in [0.717, 1.165) is 5.69 Å². The van der Waals surface area contributed by atoms with Crippen LogP contribution in [0.25, 0.3) is 5.69 Å². The molecule has 0 saturated carbocycles. The molecule has 3 aromatic rings. The minimum Gasteiger partial charge on any atom is -0.379 e. The van der Waals surface area contributed by atoms with E-state index in [1.165, 1.54) is 24.3 Å². The van der Waals surface area contributed by atoms with Crippen LogP contribution in [0, 0.1) is 11.3 Å². The van der Waals surface area contributed by atoms with Gasteiger partial charge in [0, 0.05) is 18.5 Å². The molecule has 0 spiro atoms. The number of rotatable bonds is 4. The van der Waals surface area contributed by atoms with E-state index in [-0.39, 0.29) is 10.6 Å². The van der Waals surface area contributed by atoms with Gasteiger partial charge in [-0.15, -0.1) is 0 Å². The van der Waals surface area contributed by atoms with Gasteiger partial charge < -0.3 is 8.75 Å². The highest BCUT2D eigenvalue weighted by molar-refractivity contribution is 7.87.